The van der Waals surface area contributed by atoms with E-state index < -0.39 is 0 Å². The fourth-order valence-corrected chi connectivity index (χ4v) is 5.13. The van der Waals surface area contributed by atoms with E-state index in [4.69, 9.17) is 16.1 Å². The highest BCUT2D eigenvalue weighted by atomic mass is 35.5. The monoisotopic (exact) mass is 483 g/mol. The molecular weight excluding hydrogens is 450 g/mol. The van der Waals surface area contributed by atoms with Crippen LogP contribution in [-0.4, -0.2) is 58.2 Å². The van der Waals surface area contributed by atoms with Gasteiger partial charge in [0.15, 0.2) is 5.82 Å². The summed E-state index contributed by atoms with van der Waals surface area (Å²) in [6.07, 6.45) is 7.09. The van der Waals surface area contributed by atoms with Crippen LogP contribution in [0.3, 0.4) is 0 Å². The number of hydrogen-bond acceptors (Lipinski definition) is 5. The first-order valence-electron chi connectivity index (χ1n) is 12.5. The number of hydrogen-bond donors (Lipinski definition) is 1. The topological polar surface area (TPSA) is 74.5 Å². The molecule has 0 bridgehead atoms. The number of urea groups is 1. The fraction of sp³-hybridized carbons (Fsp3) is 0.577. The highest BCUT2D eigenvalue weighted by molar-refractivity contribution is 6.34. The van der Waals surface area contributed by atoms with Crippen LogP contribution in [0.2, 0.25) is 5.02 Å². The summed E-state index contributed by atoms with van der Waals surface area (Å²) in [4.78, 5) is 22.2. The number of nitrogens with one attached hydrogen (secondary N) is 1. The van der Waals surface area contributed by atoms with Gasteiger partial charge < -0.3 is 14.7 Å². The Bertz CT molecular complexity index is 1080. The molecule has 0 radical (unpaired) electrons. The Morgan fingerprint density at radius 1 is 1.24 bits per heavy atom. The molecule has 0 atom stereocenters. The fourth-order valence-electron chi connectivity index (χ4n) is 4.91. The summed E-state index contributed by atoms with van der Waals surface area (Å²) in [5.74, 6) is 2.01. The van der Waals surface area contributed by atoms with Crippen molar-refractivity contribution in [1.82, 2.24) is 19.9 Å². The lowest BCUT2D eigenvalue weighted by molar-refractivity contribution is 0.169. The molecule has 3 aliphatic rings. The van der Waals surface area contributed by atoms with Crippen LogP contribution >= 0.6 is 11.6 Å². The molecule has 2 amide bonds. The van der Waals surface area contributed by atoms with Crippen LogP contribution in [-0.2, 0) is 5.41 Å². The van der Waals surface area contributed by atoms with Crippen LogP contribution in [0.15, 0.2) is 28.8 Å². The van der Waals surface area contributed by atoms with E-state index in [0.29, 0.717) is 35.8 Å². The number of aromatic nitrogens is 2. The lowest BCUT2D eigenvalue weighted by Gasteiger charge is -2.37. The number of carbonyl (C=O) groups excluding carboxylic acids is 1. The van der Waals surface area contributed by atoms with Crippen molar-refractivity contribution in [1.29, 1.82) is 0 Å². The molecule has 1 saturated carbocycles. The van der Waals surface area contributed by atoms with Gasteiger partial charge in [-0.3, -0.25) is 4.90 Å². The molecule has 34 heavy (non-hydrogen) atoms. The van der Waals surface area contributed by atoms with Gasteiger partial charge in [0.2, 0.25) is 5.89 Å². The highest BCUT2D eigenvalue weighted by Crippen LogP contribution is 2.41. The minimum atomic E-state index is -0.168. The Morgan fingerprint density at radius 2 is 2.00 bits per heavy atom. The SMILES string of the molecule is CC(C)N1CC=C(c2cccc(Cl)c2NC(=O)N2CCC(C)(c3noc(C4CC4)n3)CC2)CC1. The van der Waals surface area contributed by atoms with Crippen molar-refractivity contribution in [3.63, 3.8) is 0 Å². The number of amides is 2. The van der Waals surface area contributed by atoms with Crippen LogP contribution in [0, 0.1) is 0 Å². The molecule has 1 saturated heterocycles. The molecule has 7 nitrogen and oxygen atoms in total. The van der Waals surface area contributed by atoms with E-state index in [-0.39, 0.29) is 11.4 Å². The average Bonchev–Trinajstić information content (AvgIpc) is 3.56. The molecular formula is C26H34ClN5O2. The Kier molecular flexibility index (Phi) is 6.42. The third-order valence-electron chi connectivity index (χ3n) is 7.62. The molecule has 1 aliphatic carbocycles. The number of rotatable bonds is 5. The number of carbonyl (C=O) groups is 1. The number of halogens is 1. The molecule has 3 heterocycles. The first-order chi connectivity index (χ1) is 16.3. The van der Waals surface area contributed by atoms with Crippen molar-refractivity contribution < 1.29 is 9.32 Å². The molecule has 1 aromatic carbocycles. The van der Waals surface area contributed by atoms with E-state index in [2.05, 4.69) is 53.3 Å². The zero-order valence-corrected chi connectivity index (χ0v) is 21.1. The van der Waals surface area contributed by atoms with Crippen molar-refractivity contribution in [3.05, 3.63) is 46.6 Å². The maximum absolute atomic E-state index is 13.2. The number of para-hydroxylation sites is 1. The number of benzene rings is 1. The molecule has 2 fully saturated rings. The van der Waals surface area contributed by atoms with E-state index in [9.17, 15) is 4.79 Å². The van der Waals surface area contributed by atoms with Gasteiger partial charge in [-0.1, -0.05) is 41.9 Å². The van der Waals surface area contributed by atoms with E-state index in [0.717, 1.165) is 62.5 Å². The average molecular weight is 484 g/mol. The third kappa shape index (κ3) is 4.73. The smallest absolute Gasteiger partial charge is 0.321 e. The molecule has 8 heteroatoms. The quantitative estimate of drug-likeness (QED) is 0.591. The van der Waals surface area contributed by atoms with Crippen molar-refractivity contribution in [2.45, 2.75) is 70.3 Å². The molecule has 2 aromatic rings. The largest absolute Gasteiger partial charge is 0.339 e. The summed E-state index contributed by atoms with van der Waals surface area (Å²) in [5.41, 5.74) is 2.80. The Labute approximate surface area is 206 Å². The van der Waals surface area contributed by atoms with Gasteiger partial charge in [0.1, 0.15) is 0 Å². The summed E-state index contributed by atoms with van der Waals surface area (Å²) >= 11 is 6.57. The summed E-state index contributed by atoms with van der Waals surface area (Å²) < 4.78 is 5.49. The summed E-state index contributed by atoms with van der Waals surface area (Å²) in [7, 11) is 0. The summed E-state index contributed by atoms with van der Waals surface area (Å²) in [5, 5.41) is 7.96. The minimum absolute atomic E-state index is 0.108. The zero-order valence-electron chi connectivity index (χ0n) is 20.3. The summed E-state index contributed by atoms with van der Waals surface area (Å²) in [6.45, 7) is 9.81. The van der Waals surface area contributed by atoms with E-state index in [1.54, 1.807) is 0 Å². The zero-order chi connectivity index (χ0) is 23.9. The van der Waals surface area contributed by atoms with Crippen molar-refractivity contribution in [2.24, 2.45) is 0 Å². The lowest BCUT2D eigenvalue weighted by atomic mass is 9.80. The predicted octanol–water partition coefficient (Wildman–Crippen LogP) is 5.68. The van der Waals surface area contributed by atoms with Crippen LogP contribution in [0.1, 0.15) is 76.1 Å². The Hall–Kier alpha value is -2.38. The minimum Gasteiger partial charge on any atom is -0.339 e. The number of piperidine rings is 1. The van der Waals surface area contributed by atoms with Gasteiger partial charge in [-0.25, -0.2) is 4.79 Å². The normalized spacial score (nSPS) is 21.0. The van der Waals surface area contributed by atoms with Gasteiger partial charge in [-0.05, 0) is 57.6 Å². The second-order valence-electron chi connectivity index (χ2n) is 10.4. The second-order valence-corrected chi connectivity index (χ2v) is 10.8. The van der Waals surface area contributed by atoms with E-state index >= 15 is 0 Å². The first kappa shape index (κ1) is 23.4. The summed E-state index contributed by atoms with van der Waals surface area (Å²) in [6, 6.07) is 6.26. The number of likely N-dealkylation sites (tertiary alicyclic amines) is 1. The molecule has 0 unspecified atom stereocenters. The molecule has 1 aromatic heterocycles. The van der Waals surface area contributed by atoms with Crippen LogP contribution < -0.4 is 5.32 Å². The molecule has 2 aliphatic heterocycles. The molecule has 1 N–H and O–H groups in total. The van der Waals surface area contributed by atoms with Crippen molar-refractivity contribution in [3.8, 4) is 0 Å². The molecule has 5 rings (SSSR count). The first-order valence-corrected chi connectivity index (χ1v) is 12.8. The van der Waals surface area contributed by atoms with Gasteiger partial charge in [0, 0.05) is 49.1 Å². The maximum atomic E-state index is 13.2. The van der Waals surface area contributed by atoms with E-state index in [1.807, 2.05) is 17.0 Å². The van der Waals surface area contributed by atoms with Crippen molar-refractivity contribution in [2.75, 3.05) is 31.5 Å². The number of nitrogens with zero attached hydrogens (tertiary/aromatic N) is 4. The Morgan fingerprint density at radius 3 is 2.65 bits per heavy atom. The van der Waals surface area contributed by atoms with Gasteiger partial charge >= 0.3 is 6.03 Å². The predicted molar refractivity (Wildman–Crippen MR) is 134 cm³/mol. The second kappa shape index (κ2) is 9.34. The van der Waals surface area contributed by atoms with Crippen LogP contribution in [0.25, 0.3) is 5.57 Å². The molecule has 0 spiro atoms. The number of anilines is 1. The van der Waals surface area contributed by atoms with Gasteiger partial charge in [-0.2, -0.15) is 4.98 Å². The van der Waals surface area contributed by atoms with Crippen LogP contribution in [0.5, 0.6) is 0 Å². The van der Waals surface area contributed by atoms with Gasteiger partial charge in [0.05, 0.1) is 10.7 Å². The van der Waals surface area contributed by atoms with Crippen molar-refractivity contribution >= 4 is 28.9 Å². The van der Waals surface area contributed by atoms with Gasteiger partial charge in [0.25, 0.3) is 0 Å². The third-order valence-corrected chi connectivity index (χ3v) is 7.94. The lowest BCUT2D eigenvalue weighted by Crippen LogP contribution is -2.46. The van der Waals surface area contributed by atoms with Gasteiger partial charge in [-0.15, -0.1) is 0 Å². The Balaban J connectivity index is 1.25. The van der Waals surface area contributed by atoms with E-state index in [1.165, 1.54) is 5.57 Å². The van der Waals surface area contributed by atoms with Crippen LogP contribution in [0.4, 0.5) is 10.5 Å². The highest BCUT2D eigenvalue weighted by Gasteiger charge is 2.39. The molecule has 182 valence electrons. The maximum Gasteiger partial charge on any atom is 0.321 e. The standard InChI is InChI=1S/C26H34ClN5O2/c1-17(2)31-13-9-18(10-14-31)20-5-4-6-21(27)22(20)28-25(33)32-15-11-26(3,12-16-32)24-29-23(34-30-24)19-7-8-19/h4-6,9,17,19H,7-8,10-16H2,1-3H3,(H,28,33).